The van der Waals surface area contributed by atoms with Gasteiger partial charge in [-0.1, -0.05) is 42.5 Å². The van der Waals surface area contributed by atoms with Gasteiger partial charge in [-0.15, -0.1) is 13.2 Å². The number of rotatable bonds is 15. The van der Waals surface area contributed by atoms with Crippen LogP contribution in [0.1, 0.15) is 71.8 Å². The van der Waals surface area contributed by atoms with Gasteiger partial charge in [-0.05, 0) is 65.9 Å². The summed E-state index contributed by atoms with van der Waals surface area (Å²) in [7, 11) is 0. The summed E-state index contributed by atoms with van der Waals surface area (Å²) in [6, 6.07) is 9.86. The molecule has 0 aliphatic carbocycles. The molecule has 1 heterocycles. The number of nitrogens with zero attached hydrogens (tertiary/aromatic N) is 3. The first-order valence-corrected chi connectivity index (χ1v) is 14.9. The summed E-state index contributed by atoms with van der Waals surface area (Å²) in [5.41, 5.74) is -0.340. The average molecular weight is 570 g/mol. The molecule has 2 rings (SSSR count). The van der Waals surface area contributed by atoms with Gasteiger partial charge in [-0.3, -0.25) is 9.59 Å². The van der Waals surface area contributed by atoms with Crippen molar-refractivity contribution in [2.24, 2.45) is 5.41 Å². The average Bonchev–Trinajstić information content (AvgIpc) is 2.95. The van der Waals surface area contributed by atoms with Crippen molar-refractivity contribution in [1.82, 2.24) is 14.7 Å². The maximum absolute atomic E-state index is 14.1. The van der Waals surface area contributed by atoms with Crippen molar-refractivity contribution in [1.29, 1.82) is 0 Å². The van der Waals surface area contributed by atoms with Gasteiger partial charge >= 0.3 is 6.09 Å². The van der Waals surface area contributed by atoms with Crippen LogP contribution in [0.3, 0.4) is 0 Å². The first-order valence-electron chi connectivity index (χ1n) is 14.9. The Morgan fingerprint density at radius 3 is 2.15 bits per heavy atom. The maximum Gasteiger partial charge on any atom is 0.410 e. The van der Waals surface area contributed by atoms with Crippen molar-refractivity contribution in [2.75, 3.05) is 52.5 Å². The van der Waals surface area contributed by atoms with E-state index in [2.05, 4.69) is 13.2 Å². The number of piperidine rings is 1. The summed E-state index contributed by atoms with van der Waals surface area (Å²) in [5.74, 6) is -0.183. The summed E-state index contributed by atoms with van der Waals surface area (Å²) in [5, 5.41) is 0. The number of ether oxygens (including phenoxy) is 2. The van der Waals surface area contributed by atoms with E-state index in [0.717, 1.165) is 12.0 Å². The molecule has 0 bridgehead atoms. The van der Waals surface area contributed by atoms with E-state index in [0.29, 0.717) is 65.1 Å². The van der Waals surface area contributed by atoms with Crippen molar-refractivity contribution in [3.8, 4) is 0 Å². The van der Waals surface area contributed by atoms with Gasteiger partial charge in [0.25, 0.3) is 0 Å². The molecule has 1 fully saturated rings. The predicted molar refractivity (Wildman–Crippen MR) is 164 cm³/mol. The van der Waals surface area contributed by atoms with Gasteiger partial charge in [0.15, 0.2) is 0 Å². The van der Waals surface area contributed by atoms with Crippen LogP contribution in [0.2, 0.25) is 0 Å². The number of allylic oxidation sites excluding steroid dienone is 1. The Morgan fingerprint density at radius 2 is 1.61 bits per heavy atom. The van der Waals surface area contributed by atoms with Crippen molar-refractivity contribution in [2.45, 2.75) is 71.8 Å². The summed E-state index contributed by atoms with van der Waals surface area (Å²) in [4.78, 5) is 45.8. The minimum absolute atomic E-state index is 0.00247. The van der Waals surface area contributed by atoms with Gasteiger partial charge < -0.3 is 24.2 Å². The normalized spacial score (nSPS) is 15.5. The predicted octanol–water partition coefficient (Wildman–Crippen LogP) is 5.65. The molecule has 0 N–H and O–H groups in total. The van der Waals surface area contributed by atoms with Crippen LogP contribution in [0.25, 0.3) is 0 Å². The van der Waals surface area contributed by atoms with E-state index < -0.39 is 11.0 Å². The van der Waals surface area contributed by atoms with Crippen LogP contribution in [0.4, 0.5) is 4.79 Å². The highest BCUT2D eigenvalue weighted by molar-refractivity contribution is 5.85. The Morgan fingerprint density at radius 1 is 1.00 bits per heavy atom. The minimum Gasteiger partial charge on any atom is -0.444 e. The third-order valence-corrected chi connectivity index (χ3v) is 7.60. The van der Waals surface area contributed by atoms with E-state index in [4.69, 9.17) is 9.47 Å². The Bertz CT molecular complexity index is 996. The van der Waals surface area contributed by atoms with Crippen LogP contribution in [-0.2, 0) is 19.1 Å². The molecule has 1 aromatic carbocycles. The number of hydrogen-bond acceptors (Lipinski definition) is 5. The molecule has 1 saturated heterocycles. The zero-order chi connectivity index (χ0) is 30.5. The molecule has 41 heavy (non-hydrogen) atoms. The van der Waals surface area contributed by atoms with Gasteiger partial charge in [0, 0.05) is 39.3 Å². The first kappa shape index (κ1) is 34.1. The summed E-state index contributed by atoms with van der Waals surface area (Å²) < 4.78 is 11.4. The molecule has 228 valence electrons. The van der Waals surface area contributed by atoms with Gasteiger partial charge in [0.1, 0.15) is 5.60 Å². The highest BCUT2D eigenvalue weighted by atomic mass is 16.6. The highest BCUT2D eigenvalue weighted by Gasteiger charge is 2.45. The Balaban J connectivity index is 2.16. The second kappa shape index (κ2) is 16.3. The van der Waals surface area contributed by atoms with Crippen LogP contribution < -0.4 is 0 Å². The topological polar surface area (TPSA) is 79.4 Å². The molecule has 0 spiro atoms. The number of carbonyl (C=O) groups is 3. The molecular formula is C33H51N3O5. The lowest BCUT2D eigenvalue weighted by Gasteiger charge is -2.43. The SMILES string of the molecule is C=CCCC(C(=O)N(CC)CCN(CC)C(=O)C1(COCC=C)CCN(C(=O)OC(C)(C)C)CC1)c1ccccc1. The monoisotopic (exact) mass is 569 g/mol. The van der Waals surface area contributed by atoms with Crippen LogP contribution in [-0.4, -0.2) is 90.7 Å². The molecule has 1 aliphatic rings. The van der Waals surface area contributed by atoms with E-state index in [1.807, 2.05) is 80.8 Å². The standard InChI is InChI=1S/C33H51N3O5/c1-8-12-18-28(27-16-14-13-15-17-27)29(37)34(10-3)23-24-35(11-4)30(38)33(26-40-25-9-2)19-21-36(22-20-33)31(39)41-32(5,6)7/h8-9,13-17,28H,1-2,10-12,18-26H2,3-7H3. The summed E-state index contributed by atoms with van der Waals surface area (Å²) in [6.45, 7) is 20.4. The zero-order valence-electron chi connectivity index (χ0n) is 25.9. The molecule has 8 heteroatoms. The van der Waals surface area contributed by atoms with Crippen LogP contribution >= 0.6 is 0 Å². The highest BCUT2D eigenvalue weighted by Crippen LogP contribution is 2.35. The number of benzene rings is 1. The quantitative estimate of drug-likeness (QED) is 0.201. The number of amides is 3. The van der Waals surface area contributed by atoms with Gasteiger partial charge in [0.05, 0.1) is 24.5 Å². The van der Waals surface area contributed by atoms with Crippen molar-refractivity contribution in [3.63, 3.8) is 0 Å². The van der Waals surface area contributed by atoms with E-state index in [1.165, 1.54) is 0 Å². The second-order valence-corrected chi connectivity index (χ2v) is 11.7. The smallest absolute Gasteiger partial charge is 0.410 e. The summed E-state index contributed by atoms with van der Waals surface area (Å²) in [6.07, 6.45) is 5.55. The number of hydrogen-bond donors (Lipinski definition) is 0. The fourth-order valence-electron chi connectivity index (χ4n) is 5.23. The molecule has 3 amide bonds. The van der Waals surface area contributed by atoms with E-state index in [-0.39, 0.29) is 30.4 Å². The molecule has 1 aromatic rings. The molecule has 8 nitrogen and oxygen atoms in total. The van der Waals surface area contributed by atoms with Crippen LogP contribution in [0.5, 0.6) is 0 Å². The third-order valence-electron chi connectivity index (χ3n) is 7.60. The lowest BCUT2D eigenvalue weighted by Crippen LogP contribution is -2.55. The minimum atomic E-state index is -0.755. The van der Waals surface area contributed by atoms with Gasteiger partial charge in [-0.25, -0.2) is 4.79 Å². The van der Waals surface area contributed by atoms with Crippen LogP contribution in [0, 0.1) is 5.41 Å². The largest absolute Gasteiger partial charge is 0.444 e. The third kappa shape index (κ3) is 10.0. The lowest BCUT2D eigenvalue weighted by molar-refractivity contribution is -0.150. The van der Waals surface area contributed by atoms with E-state index in [1.54, 1.807) is 11.0 Å². The van der Waals surface area contributed by atoms with Gasteiger partial charge in [-0.2, -0.15) is 0 Å². The van der Waals surface area contributed by atoms with Gasteiger partial charge in [0.2, 0.25) is 11.8 Å². The van der Waals surface area contributed by atoms with Crippen molar-refractivity contribution < 1.29 is 23.9 Å². The molecular weight excluding hydrogens is 518 g/mol. The number of likely N-dealkylation sites (tertiary alicyclic amines) is 1. The summed E-state index contributed by atoms with van der Waals surface area (Å²) >= 11 is 0. The van der Waals surface area contributed by atoms with E-state index >= 15 is 0 Å². The molecule has 1 unspecified atom stereocenters. The van der Waals surface area contributed by atoms with Crippen molar-refractivity contribution >= 4 is 17.9 Å². The Kier molecular flexibility index (Phi) is 13.6. The fraction of sp³-hybridized carbons (Fsp3) is 0.606. The van der Waals surface area contributed by atoms with Crippen molar-refractivity contribution in [3.05, 3.63) is 61.2 Å². The fourth-order valence-corrected chi connectivity index (χ4v) is 5.23. The molecule has 1 aliphatic heterocycles. The molecule has 1 atom stereocenters. The Hall–Kier alpha value is -3.13. The van der Waals surface area contributed by atoms with E-state index in [9.17, 15) is 14.4 Å². The maximum atomic E-state index is 14.1. The first-order chi connectivity index (χ1) is 19.5. The molecule has 0 radical (unpaired) electrons. The second-order valence-electron chi connectivity index (χ2n) is 11.7. The Labute approximate surface area is 247 Å². The van der Waals surface area contributed by atoms with Crippen LogP contribution in [0.15, 0.2) is 55.6 Å². The molecule has 0 saturated carbocycles. The zero-order valence-corrected chi connectivity index (χ0v) is 25.9. The number of likely N-dealkylation sites (N-methyl/N-ethyl adjacent to an activating group) is 2. The number of carbonyl (C=O) groups excluding carboxylic acids is 3. The molecule has 0 aromatic heterocycles. The lowest BCUT2D eigenvalue weighted by atomic mass is 9.77.